The average molecular weight is 314 g/mol. The zero-order valence-corrected chi connectivity index (χ0v) is 13.8. The van der Waals surface area contributed by atoms with Crippen molar-refractivity contribution in [2.24, 2.45) is 5.41 Å². The summed E-state index contributed by atoms with van der Waals surface area (Å²) >= 11 is 1.89. The van der Waals surface area contributed by atoms with Crippen LogP contribution in [0.2, 0.25) is 0 Å². The minimum atomic E-state index is -0.746. The van der Waals surface area contributed by atoms with Gasteiger partial charge in [0.2, 0.25) is 0 Å². The molecule has 2 rings (SSSR count). The molecular formula is C15H26N2O3S. The fourth-order valence-electron chi connectivity index (χ4n) is 3.45. The molecule has 2 heterocycles. The van der Waals surface area contributed by atoms with Crippen LogP contribution < -0.4 is 0 Å². The van der Waals surface area contributed by atoms with Crippen LogP contribution in [0.1, 0.15) is 39.5 Å². The number of piperidine rings is 1. The number of nitrogens with zero attached hydrogens (tertiary/aromatic N) is 2. The molecule has 0 aliphatic carbocycles. The SMILES string of the molecule is CCCC1(C(=O)O)CCCN(C(=O)N2CCSC(C)C2)C1. The Bertz CT molecular complexity index is 400. The van der Waals surface area contributed by atoms with Gasteiger partial charge >= 0.3 is 12.0 Å². The van der Waals surface area contributed by atoms with E-state index < -0.39 is 11.4 Å². The Balaban J connectivity index is 2.05. The van der Waals surface area contributed by atoms with Crippen LogP contribution in [0.4, 0.5) is 4.79 Å². The molecule has 2 fully saturated rings. The van der Waals surface area contributed by atoms with Gasteiger partial charge < -0.3 is 14.9 Å². The summed E-state index contributed by atoms with van der Waals surface area (Å²) in [5.74, 6) is 0.226. The largest absolute Gasteiger partial charge is 0.481 e. The minimum absolute atomic E-state index is 0.0311. The van der Waals surface area contributed by atoms with E-state index in [0.717, 1.165) is 31.7 Å². The van der Waals surface area contributed by atoms with Crippen molar-refractivity contribution in [3.8, 4) is 0 Å². The summed E-state index contributed by atoms with van der Waals surface area (Å²) in [7, 11) is 0. The predicted molar refractivity (Wildman–Crippen MR) is 84.7 cm³/mol. The number of carboxylic acid groups (broad SMARTS) is 1. The highest BCUT2D eigenvalue weighted by molar-refractivity contribution is 7.99. The quantitative estimate of drug-likeness (QED) is 0.869. The van der Waals surface area contributed by atoms with E-state index in [4.69, 9.17) is 0 Å². The summed E-state index contributed by atoms with van der Waals surface area (Å²) < 4.78 is 0. The predicted octanol–water partition coefficient (Wildman–Crippen LogP) is 2.51. The average Bonchev–Trinajstić information content (AvgIpc) is 2.47. The Morgan fingerprint density at radius 2 is 2.10 bits per heavy atom. The van der Waals surface area contributed by atoms with Crippen LogP contribution in [-0.2, 0) is 4.79 Å². The number of thioether (sulfide) groups is 1. The van der Waals surface area contributed by atoms with E-state index in [0.29, 0.717) is 31.2 Å². The van der Waals surface area contributed by atoms with Gasteiger partial charge in [-0.2, -0.15) is 11.8 Å². The van der Waals surface area contributed by atoms with Gasteiger partial charge in [-0.3, -0.25) is 4.79 Å². The third kappa shape index (κ3) is 3.65. The molecule has 0 radical (unpaired) electrons. The van der Waals surface area contributed by atoms with Crippen LogP contribution >= 0.6 is 11.8 Å². The Kier molecular flexibility index (Phi) is 5.41. The lowest BCUT2D eigenvalue weighted by Crippen LogP contribution is -2.55. The standard InChI is InChI=1S/C15H26N2O3S/c1-3-5-15(13(18)19)6-4-7-17(11-15)14(20)16-8-9-21-12(2)10-16/h12H,3-11H2,1-2H3,(H,18,19). The van der Waals surface area contributed by atoms with Gasteiger partial charge in [0.1, 0.15) is 0 Å². The minimum Gasteiger partial charge on any atom is -0.481 e. The van der Waals surface area contributed by atoms with Gasteiger partial charge in [0.25, 0.3) is 0 Å². The van der Waals surface area contributed by atoms with Gasteiger partial charge in [-0.25, -0.2) is 4.79 Å². The fraction of sp³-hybridized carbons (Fsp3) is 0.867. The summed E-state index contributed by atoms with van der Waals surface area (Å²) in [6.07, 6.45) is 2.96. The van der Waals surface area contributed by atoms with Gasteiger partial charge in [-0.15, -0.1) is 0 Å². The molecule has 120 valence electrons. The monoisotopic (exact) mass is 314 g/mol. The van der Waals surface area contributed by atoms with Crippen molar-refractivity contribution in [2.75, 3.05) is 31.9 Å². The zero-order chi connectivity index (χ0) is 15.5. The van der Waals surface area contributed by atoms with Crippen molar-refractivity contribution < 1.29 is 14.7 Å². The van der Waals surface area contributed by atoms with Crippen molar-refractivity contribution in [2.45, 2.75) is 44.8 Å². The van der Waals surface area contributed by atoms with Crippen LogP contribution in [-0.4, -0.2) is 64.1 Å². The number of amides is 2. The number of aliphatic carboxylic acids is 1. The summed E-state index contributed by atoms with van der Waals surface area (Å²) in [5.41, 5.74) is -0.737. The van der Waals surface area contributed by atoms with Gasteiger partial charge in [-0.1, -0.05) is 20.3 Å². The number of hydrogen-bond acceptors (Lipinski definition) is 3. The van der Waals surface area contributed by atoms with Gasteiger partial charge in [0, 0.05) is 37.2 Å². The molecule has 0 aromatic heterocycles. The molecule has 0 aromatic carbocycles. The Hall–Kier alpha value is -0.910. The Morgan fingerprint density at radius 1 is 1.33 bits per heavy atom. The third-order valence-electron chi connectivity index (χ3n) is 4.54. The number of carbonyl (C=O) groups is 2. The molecule has 2 unspecified atom stereocenters. The fourth-order valence-corrected chi connectivity index (χ4v) is 4.46. The van der Waals surface area contributed by atoms with Crippen LogP contribution in [0.25, 0.3) is 0 Å². The normalized spacial score (nSPS) is 30.3. The molecule has 2 atom stereocenters. The Morgan fingerprint density at radius 3 is 2.71 bits per heavy atom. The molecule has 0 bridgehead atoms. The van der Waals surface area contributed by atoms with Crippen molar-refractivity contribution in [1.29, 1.82) is 0 Å². The van der Waals surface area contributed by atoms with Crippen molar-refractivity contribution in [3.63, 3.8) is 0 Å². The summed E-state index contributed by atoms with van der Waals surface area (Å²) in [6.45, 7) is 6.75. The first-order chi connectivity index (χ1) is 9.98. The van der Waals surface area contributed by atoms with E-state index in [1.165, 1.54) is 0 Å². The van der Waals surface area contributed by atoms with E-state index in [2.05, 4.69) is 6.92 Å². The second-order valence-corrected chi connectivity index (χ2v) is 7.82. The first kappa shape index (κ1) is 16.5. The topological polar surface area (TPSA) is 60.9 Å². The maximum Gasteiger partial charge on any atom is 0.320 e. The Labute approximate surface area is 131 Å². The molecule has 0 saturated carbocycles. The molecule has 21 heavy (non-hydrogen) atoms. The molecule has 2 amide bonds. The van der Waals surface area contributed by atoms with Crippen LogP contribution in [0.5, 0.6) is 0 Å². The lowest BCUT2D eigenvalue weighted by molar-refractivity contribution is -0.152. The molecule has 2 aliphatic heterocycles. The molecule has 1 N–H and O–H groups in total. The highest BCUT2D eigenvalue weighted by Crippen LogP contribution is 2.35. The first-order valence-corrected chi connectivity index (χ1v) is 8.92. The third-order valence-corrected chi connectivity index (χ3v) is 5.68. The van der Waals surface area contributed by atoms with Crippen molar-refractivity contribution in [1.82, 2.24) is 9.80 Å². The van der Waals surface area contributed by atoms with E-state index in [1.54, 1.807) is 4.90 Å². The van der Waals surface area contributed by atoms with E-state index in [9.17, 15) is 14.7 Å². The maximum absolute atomic E-state index is 12.7. The van der Waals surface area contributed by atoms with E-state index >= 15 is 0 Å². The second kappa shape index (κ2) is 6.90. The van der Waals surface area contributed by atoms with Crippen LogP contribution in [0.15, 0.2) is 0 Å². The molecular weight excluding hydrogens is 288 g/mol. The van der Waals surface area contributed by atoms with Crippen molar-refractivity contribution in [3.05, 3.63) is 0 Å². The number of likely N-dealkylation sites (tertiary alicyclic amines) is 1. The van der Waals surface area contributed by atoms with Crippen LogP contribution in [0, 0.1) is 5.41 Å². The van der Waals surface area contributed by atoms with Gasteiger partial charge in [0.05, 0.1) is 5.41 Å². The number of hydrogen-bond donors (Lipinski definition) is 1. The smallest absolute Gasteiger partial charge is 0.320 e. The molecule has 0 aromatic rings. The highest BCUT2D eigenvalue weighted by atomic mass is 32.2. The number of carbonyl (C=O) groups excluding carboxylic acids is 1. The molecule has 5 nitrogen and oxygen atoms in total. The van der Waals surface area contributed by atoms with Crippen molar-refractivity contribution >= 4 is 23.8 Å². The highest BCUT2D eigenvalue weighted by Gasteiger charge is 2.43. The lowest BCUT2D eigenvalue weighted by Gasteiger charge is -2.42. The molecule has 2 aliphatic rings. The summed E-state index contributed by atoms with van der Waals surface area (Å²) in [4.78, 5) is 28.0. The summed E-state index contributed by atoms with van der Waals surface area (Å²) in [6, 6.07) is 0.0311. The zero-order valence-electron chi connectivity index (χ0n) is 13.0. The van der Waals surface area contributed by atoms with Gasteiger partial charge in [0.15, 0.2) is 0 Å². The van der Waals surface area contributed by atoms with E-state index in [1.807, 2.05) is 23.6 Å². The summed E-state index contributed by atoms with van der Waals surface area (Å²) in [5, 5.41) is 10.1. The molecule has 0 spiro atoms. The van der Waals surface area contributed by atoms with E-state index in [-0.39, 0.29) is 6.03 Å². The maximum atomic E-state index is 12.7. The number of rotatable bonds is 3. The van der Waals surface area contributed by atoms with Crippen LogP contribution in [0.3, 0.4) is 0 Å². The second-order valence-electron chi connectivity index (χ2n) is 6.27. The number of urea groups is 1. The first-order valence-electron chi connectivity index (χ1n) is 7.87. The van der Waals surface area contributed by atoms with Gasteiger partial charge in [-0.05, 0) is 19.3 Å². The molecule has 2 saturated heterocycles. The number of carboxylic acids is 1. The lowest BCUT2D eigenvalue weighted by atomic mass is 9.76. The molecule has 6 heteroatoms.